The van der Waals surface area contributed by atoms with E-state index in [1.807, 2.05) is 0 Å². The van der Waals surface area contributed by atoms with Crippen LogP contribution in [0.5, 0.6) is 5.75 Å². The fourth-order valence-electron chi connectivity index (χ4n) is 2.32. The van der Waals surface area contributed by atoms with E-state index in [0.717, 1.165) is 19.2 Å². The molecule has 1 aromatic carbocycles. The van der Waals surface area contributed by atoms with Gasteiger partial charge in [0.2, 0.25) is 5.91 Å². The Bertz CT molecular complexity index is 542. The lowest BCUT2D eigenvalue weighted by Crippen LogP contribution is -2.49. The van der Waals surface area contributed by atoms with Gasteiger partial charge in [0.25, 0.3) is 0 Å². The van der Waals surface area contributed by atoms with E-state index in [0.29, 0.717) is 0 Å². The van der Waals surface area contributed by atoms with Crippen molar-refractivity contribution >= 4 is 5.91 Å². The average Bonchev–Trinajstić information content (AvgIpc) is 2.41. The van der Waals surface area contributed by atoms with Crippen LogP contribution in [-0.2, 0) is 17.5 Å². The second-order valence-corrected chi connectivity index (χ2v) is 5.45. The predicted molar refractivity (Wildman–Crippen MR) is 75.4 cm³/mol. The summed E-state index contributed by atoms with van der Waals surface area (Å²) in [6.07, 6.45) is -4.49. The Morgan fingerprint density at radius 2 is 2.14 bits per heavy atom. The van der Waals surface area contributed by atoms with Gasteiger partial charge in [-0.25, -0.2) is 0 Å². The van der Waals surface area contributed by atoms with Gasteiger partial charge in [-0.2, -0.15) is 13.2 Å². The lowest BCUT2D eigenvalue weighted by Gasteiger charge is -2.31. The molecule has 0 spiro atoms. The van der Waals surface area contributed by atoms with Crippen molar-refractivity contribution in [3.8, 4) is 5.75 Å². The minimum atomic E-state index is -4.49. The van der Waals surface area contributed by atoms with Gasteiger partial charge in [0.05, 0.1) is 12.7 Å². The summed E-state index contributed by atoms with van der Waals surface area (Å²) in [7, 11) is 1.31. The van der Waals surface area contributed by atoms with Gasteiger partial charge < -0.3 is 15.4 Å². The van der Waals surface area contributed by atoms with Gasteiger partial charge in [-0.05, 0) is 36.7 Å². The first-order valence-corrected chi connectivity index (χ1v) is 7.05. The van der Waals surface area contributed by atoms with E-state index in [4.69, 9.17) is 4.74 Å². The first-order valence-electron chi connectivity index (χ1n) is 7.05. The first-order chi connectivity index (χ1) is 10.3. The molecule has 1 aliphatic heterocycles. The van der Waals surface area contributed by atoms with Crippen LogP contribution in [0.15, 0.2) is 18.2 Å². The van der Waals surface area contributed by atoms with E-state index in [-0.39, 0.29) is 35.6 Å². The molecule has 0 saturated carbocycles. The Morgan fingerprint density at radius 3 is 2.64 bits per heavy atom. The Balaban J connectivity index is 2.07. The summed E-state index contributed by atoms with van der Waals surface area (Å²) in [5, 5.41) is 5.66. The van der Waals surface area contributed by atoms with E-state index in [1.54, 1.807) is 6.92 Å². The molecule has 0 aliphatic carbocycles. The normalized spacial score (nSPS) is 16.8. The number of hydrogen-bond acceptors (Lipinski definition) is 3. The molecule has 1 saturated heterocycles. The molecule has 0 bridgehead atoms. The highest BCUT2D eigenvalue weighted by Crippen LogP contribution is 2.34. The van der Waals surface area contributed by atoms with Crippen molar-refractivity contribution in [2.24, 2.45) is 11.8 Å². The second-order valence-electron chi connectivity index (χ2n) is 5.45. The van der Waals surface area contributed by atoms with Crippen molar-refractivity contribution in [1.82, 2.24) is 10.6 Å². The van der Waals surface area contributed by atoms with Crippen LogP contribution in [0.4, 0.5) is 13.2 Å². The number of amides is 1. The topological polar surface area (TPSA) is 50.4 Å². The molecular formula is C15H19F3N2O2. The lowest BCUT2D eigenvalue weighted by molar-refractivity contribution is -0.138. The third-order valence-electron chi connectivity index (χ3n) is 4.01. The summed E-state index contributed by atoms with van der Waals surface area (Å²) in [4.78, 5) is 12.0. The van der Waals surface area contributed by atoms with E-state index < -0.39 is 11.7 Å². The van der Waals surface area contributed by atoms with Crippen LogP contribution >= 0.6 is 0 Å². The summed E-state index contributed by atoms with van der Waals surface area (Å²) in [6.45, 7) is 3.18. The zero-order valence-corrected chi connectivity index (χ0v) is 12.5. The van der Waals surface area contributed by atoms with Gasteiger partial charge in [0, 0.05) is 12.5 Å². The minimum Gasteiger partial charge on any atom is -0.497 e. The molecule has 2 N–H and O–H groups in total. The van der Waals surface area contributed by atoms with Crippen LogP contribution in [0, 0.1) is 11.8 Å². The Hall–Kier alpha value is -1.76. The minimum absolute atomic E-state index is 0.0283. The van der Waals surface area contributed by atoms with Crippen molar-refractivity contribution in [3.63, 3.8) is 0 Å². The third-order valence-corrected chi connectivity index (χ3v) is 4.01. The monoisotopic (exact) mass is 316 g/mol. The molecule has 1 amide bonds. The first kappa shape index (κ1) is 16.6. The Labute approximate surface area is 127 Å². The molecule has 1 aliphatic rings. The zero-order chi connectivity index (χ0) is 16.3. The van der Waals surface area contributed by atoms with Crippen molar-refractivity contribution in [2.75, 3.05) is 20.2 Å². The maximum absolute atomic E-state index is 13.1. The molecule has 7 heteroatoms. The molecule has 1 atom stereocenters. The SMILES string of the molecule is COc1ccc(CNC(=O)C(C)C2CNC2)c(C(F)(F)F)c1. The fraction of sp³-hybridized carbons (Fsp3) is 0.533. The average molecular weight is 316 g/mol. The van der Waals surface area contributed by atoms with Gasteiger partial charge in [-0.1, -0.05) is 13.0 Å². The van der Waals surface area contributed by atoms with E-state index in [9.17, 15) is 18.0 Å². The summed E-state index contributed by atoms with van der Waals surface area (Å²) < 4.78 is 44.0. The number of rotatable bonds is 5. The van der Waals surface area contributed by atoms with Gasteiger partial charge >= 0.3 is 6.18 Å². The Kier molecular flexibility index (Phi) is 4.95. The number of ether oxygens (including phenoxy) is 1. The summed E-state index contributed by atoms with van der Waals surface area (Å²) in [5.74, 6) is -0.0569. The molecule has 122 valence electrons. The van der Waals surface area contributed by atoms with Crippen LogP contribution in [0.3, 0.4) is 0 Å². The van der Waals surface area contributed by atoms with Crippen LogP contribution in [-0.4, -0.2) is 26.1 Å². The van der Waals surface area contributed by atoms with Crippen LogP contribution in [0.2, 0.25) is 0 Å². The van der Waals surface area contributed by atoms with Crippen LogP contribution in [0.25, 0.3) is 0 Å². The highest BCUT2D eigenvalue weighted by molar-refractivity contribution is 5.78. The van der Waals surface area contributed by atoms with Crippen molar-refractivity contribution in [1.29, 1.82) is 0 Å². The Morgan fingerprint density at radius 1 is 1.45 bits per heavy atom. The summed E-state index contributed by atoms with van der Waals surface area (Å²) >= 11 is 0. The number of carbonyl (C=O) groups excluding carboxylic acids is 1. The largest absolute Gasteiger partial charge is 0.497 e. The maximum Gasteiger partial charge on any atom is 0.416 e. The smallest absolute Gasteiger partial charge is 0.416 e. The van der Waals surface area contributed by atoms with Gasteiger partial charge in [0.15, 0.2) is 0 Å². The molecular weight excluding hydrogens is 297 g/mol. The molecule has 1 heterocycles. The van der Waals surface area contributed by atoms with E-state index in [2.05, 4.69) is 10.6 Å². The molecule has 2 rings (SSSR count). The quantitative estimate of drug-likeness (QED) is 0.875. The summed E-state index contributed by atoms with van der Waals surface area (Å²) in [6, 6.07) is 3.73. The molecule has 0 aromatic heterocycles. The third kappa shape index (κ3) is 3.71. The molecule has 0 radical (unpaired) electrons. The summed E-state index contributed by atoms with van der Waals surface area (Å²) in [5.41, 5.74) is -0.759. The standard InChI is InChI=1S/C15H19F3N2O2/c1-9(11-6-19-7-11)14(21)20-8-10-3-4-12(22-2)5-13(10)15(16,17)18/h3-5,9,11,19H,6-8H2,1-2H3,(H,20,21). The number of nitrogens with one attached hydrogen (secondary N) is 2. The predicted octanol–water partition coefficient (Wildman–Crippen LogP) is 2.19. The number of carbonyl (C=O) groups is 1. The fourth-order valence-corrected chi connectivity index (χ4v) is 2.32. The highest BCUT2D eigenvalue weighted by atomic mass is 19.4. The molecule has 1 aromatic rings. The number of methoxy groups -OCH3 is 1. The van der Waals surface area contributed by atoms with Crippen molar-refractivity contribution in [2.45, 2.75) is 19.6 Å². The van der Waals surface area contributed by atoms with Crippen LogP contribution in [0.1, 0.15) is 18.1 Å². The van der Waals surface area contributed by atoms with E-state index >= 15 is 0 Å². The number of benzene rings is 1. The number of alkyl halides is 3. The van der Waals surface area contributed by atoms with Gasteiger partial charge in [0.1, 0.15) is 5.75 Å². The highest BCUT2D eigenvalue weighted by Gasteiger charge is 2.34. The maximum atomic E-state index is 13.1. The number of hydrogen-bond donors (Lipinski definition) is 2. The lowest BCUT2D eigenvalue weighted by atomic mass is 9.88. The van der Waals surface area contributed by atoms with Crippen molar-refractivity contribution < 1.29 is 22.7 Å². The van der Waals surface area contributed by atoms with Gasteiger partial charge in [-0.15, -0.1) is 0 Å². The zero-order valence-electron chi connectivity index (χ0n) is 12.5. The molecule has 4 nitrogen and oxygen atoms in total. The van der Waals surface area contributed by atoms with Crippen molar-refractivity contribution in [3.05, 3.63) is 29.3 Å². The van der Waals surface area contributed by atoms with Gasteiger partial charge in [-0.3, -0.25) is 4.79 Å². The molecule has 1 unspecified atom stereocenters. The molecule has 22 heavy (non-hydrogen) atoms. The second kappa shape index (κ2) is 6.56. The molecule has 1 fully saturated rings. The van der Waals surface area contributed by atoms with E-state index in [1.165, 1.54) is 19.2 Å². The van der Waals surface area contributed by atoms with Crippen LogP contribution < -0.4 is 15.4 Å². The number of halogens is 3.